The van der Waals surface area contributed by atoms with E-state index in [2.05, 4.69) is 9.97 Å². The third-order valence-electron chi connectivity index (χ3n) is 3.29. The Balaban J connectivity index is 2.32. The first-order valence-corrected chi connectivity index (χ1v) is 6.88. The van der Waals surface area contributed by atoms with Crippen molar-refractivity contribution in [1.29, 1.82) is 0 Å². The molecule has 3 aromatic rings. The van der Waals surface area contributed by atoms with E-state index in [1.54, 1.807) is 0 Å². The number of rotatable bonds is 1. The molecule has 108 valence electrons. The van der Waals surface area contributed by atoms with Crippen LogP contribution in [0.4, 0.5) is 19.0 Å². The van der Waals surface area contributed by atoms with Gasteiger partial charge in [0.25, 0.3) is 0 Å². The summed E-state index contributed by atoms with van der Waals surface area (Å²) in [4.78, 5) is 9.69. The lowest BCUT2D eigenvalue weighted by Gasteiger charge is -2.06. The van der Waals surface area contributed by atoms with Gasteiger partial charge in [-0.2, -0.15) is 0 Å². The van der Waals surface area contributed by atoms with Gasteiger partial charge in [0, 0.05) is 17.0 Å². The van der Waals surface area contributed by atoms with Gasteiger partial charge in [-0.25, -0.2) is 23.1 Å². The molecule has 0 unspecified atom stereocenters. The van der Waals surface area contributed by atoms with Gasteiger partial charge >= 0.3 is 0 Å². The molecule has 0 saturated carbocycles. The molecule has 1 aromatic carbocycles. The van der Waals surface area contributed by atoms with Crippen LogP contribution >= 0.6 is 11.3 Å². The highest BCUT2D eigenvalue weighted by Gasteiger charge is 2.19. The number of hydrogen-bond donors (Lipinski definition) is 1. The van der Waals surface area contributed by atoms with E-state index < -0.39 is 23.0 Å². The zero-order valence-electron chi connectivity index (χ0n) is 11.2. The van der Waals surface area contributed by atoms with E-state index in [9.17, 15) is 13.2 Å². The van der Waals surface area contributed by atoms with Crippen molar-refractivity contribution >= 4 is 27.4 Å². The summed E-state index contributed by atoms with van der Waals surface area (Å²) < 4.78 is 40.6. The van der Waals surface area contributed by atoms with Gasteiger partial charge in [-0.3, -0.25) is 0 Å². The van der Waals surface area contributed by atoms with Crippen LogP contribution in [0.15, 0.2) is 12.1 Å². The molecule has 21 heavy (non-hydrogen) atoms. The van der Waals surface area contributed by atoms with E-state index in [1.165, 1.54) is 11.3 Å². The largest absolute Gasteiger partial charge is 0.383 e. The quantitative estimate of drug-likeness (QED) is 0.740. The van der Waals surface area contributed by atoms with E-state index in [0.717, 1.165) is 10.4 Å². The lowest BCUT2D eigenvalue weighted by molar-refractivity contribution is 0.547. The monoisotopic (exact) mass is 309 g/mol. The molecule has 7 heteroatoms. The summed E-state index contributed by atoms with van der Waals surface area (Å²) >= 11 is 1.37. The summed E-state index contributed by atoms with van der Waals surface area (Å²) in [5.74, 6) is -3.14. The second-order valence-corrected chi connectivity index (χ2v) is 5.84. The standard InChI is InChI=1S/C14H10F3N3S/c1-5-6(2)21-14-10(5)12(18)19-13(20-14)11-8(16)3-7(15)4-9(11)17/h3-4H,1-2H3,(H2,18,19,20). The number of aromatic nitrogens is 2. The third kappa shape index (κ3) is 2.13. The minimum atomic E-state index is -1.06. The minimum Gasteiger partial charge on any atom is -0.383 e. The number of nitrogen functional groups attached to an aromatic ring is 1. The van der Waals surface area contributed by atoms with Gasteiger partial charge in [0.05, 0.1) is 10.9 Å². The van der Waals surface area contributed by atoms with Crippen LogP contribution in [0.1, 0.15) is 10.4 Å². The predicted molar refractivity (Wildman–Crippen MR) is 76.6 cm³/mol. The second kappa shape index (κ2) is 4.70. The van der Waals surface area contributed by atoms with Crippen molar-refractivity contribution in [3.63, 3.8) is 0 Å². The number of anilines is 1. The summed E-state index contributed by atoms with van der Waals surface area (Å²) in [5, 5.41) is 0.684. The molecule has 0 aliphatic carbocycles. The summed E-state index contributed by atoms with van der Waals surface area (Å²) in [6, 6.07) is 1.18. The first-order chi connectivity index (χ1) is 9.88. The van der Waals surface area contributed by atoms with Crippen LogP contribution in [0, 0.1) is 31.3 Å². The number of benzene rings is 1. The molecule has 0 amide bonds. The molecule has 0 spiro atoms. The molecule has 2 N–H and O–H groups in total. The van der Waals surface area contributed by atoms with Crippen molar-refractivity contribution in [2.75, 3.05) is 5.73 Å². The predicted octanol–water partition coefficient (Wildman–Crippen LogP) is 3.97. The van der Waals surface area contributed by atoms with E-state index in [4.69, 9.17) is 5.73 Å². The van der Waals surface area contributed by atoms with Crippen LogP contribution in [0.3, 0.4) is 0 Å². The molecule has 2 heterocycles. The van der Waals surface area contributed by atoms with Crippen molar-refractivity contribution in [2.24, 2.45) is 0 Å². The van der Waals surface area contributed by atoms with E-state index in [1.807, 2.05) is 13.8 Å². The van der Waals surface area contributed by atoms with Crippen LogP contribution in [0.5, 0.6) is 0 Å². The molecule has 0 atom stereocenters. The highest BCUT2D eigenvalue weighted by atomic mass is 32.1. The number of aryl methyl sites for hydroxylation is 2. The fourth-order valence-corrected chi connectivity index (χ4v) is 3.19. The minimum absolute atomic E-state index is 0.153. The number of nitrogens with two attached hydrogens (primary N) is 1. The highest BCUT2D eigenvalue weighted by Crippen LogP contribution is 2.34. The Kier molecular flexibility index (Phi) is 3.09. The maximum atomic E-state index is 13.8. The Hall–Kier alpha value is -2.15. The Morgan fingerprint density at radius 3 is 2.29 bits per heavy atom. The van der Waals surface area contributed by atoms with Crippen LogP contribution in [-0.2, 0) is 0 Å². The molecule has 0 saturated heterocycles. The first kappa shape index (κ1) is 13.8. The van der Waals surface area contributed by atoms with Crippen molar-refractivity contribution in [3.8, 4) is 11.4 Å². The van der Waals surface area contributed by atoms with Gasteiger partial charge in [-0.05, 0) is 19.4 Å². The van der Waals surface area contributed by atoms with E-state index in [-0.39, 0.29) is 11.6 Å². The molecule has 0 aliphatic heterocycles. The maximum absolute atomic E-state index is 13.8. The first-order valence-electron chi connectivity index (χ1n) is 6.06. The summed E-state index contributed by atoms with van der Waals surface area (Å²) in [7, 11) is 0. The van der Waals surface area contributed by atoms with Crippen LogP contribution in [0.2, 0.25) is 0 Å². The van der Waals surface area contributed by atoms with Gasteiger partial charge in [-0.1, -0.05) is 0 Å². The Morgan fingerprint density at radius 1 is 1.05 bits per heavy atom. The molecule has 2 aromatic heterocycles. The van der Waals surface area contributed by atoms with E-state index in [0.29, 0.717) is 22.3 Å². The van der Waals surface area contributed by atoms with Crippen molar-refractivity contribution in [2.45, 2.75) is 13.8 Å². The number of fused-ring (bicyclic) bond motifs is 1. The van der Waals surface area contributed by atoms with Crippen molar-refractivity contribution < 1.29 is 13.2 Å². The second-order valence-electron chi connectivity index (χ2n) is 4.64. The molecule has 0 fully saturated rings. The molecule has 0 aliphatic rings. The smallest absolute Gasteiger partial charge is 0.169 e. The normalized spacial score (nSPS) is 11.3. The van der Waals surface area contributed by atoms with Crippen molar-refractivity contribution in [1.82, 2.24) is 9.97 Å². The average Bonchev–Trinajstić information content (AvgIpc) is 2.64. The zero-order chi connectivity index (χ0) is 15.3. The highest BCUT2D eigenvalue weighted by molar-refractivity contribution is 7.18. The molecule has 3 rings (SSSR count). The molecule has 3 nitrogen and oxygen atoms in total. The van der Waals surface area contributed by atoms with Crippen molar-refractivity contribution in [3.05, 3.63) is 40.0 Å². The SMILES string of the molecule is Cc1sc2nc(-c3c(F)cc(F)cc3F)nc(N)c2c1C. The Morgan fingerprint density at radius 2 is 1.67 bits per heavy atom. The van der Waals surface area contributed by atoms with Gasteiger partial charge in [0.2, 0.25) is 0 Å². The number of hydrogen-bond acceptors (Lipinski definition) is 4. The molecular formula is C14H10F3N3S. The topological polar surface area (TPSA) is 51.8 Å². The average molecular weight is 309 g/mol. The summed E-state index contributed by atoms with van der Waals surface area (Å²) in [6.45, 7) is 3.78. The summed E-state index contributed by atoms with van der Waals surface area (Å²) in [5.41, 5.74) is 6.34. The Bertz CT molecular complexity index is 851. The van der Waals surface area contributed by atoms with Crippen LogP contribution in [-0.4, -0.2) is 9.97 Å². The fraction of sp³-hybridized carbons (Fsp3) is 0.143. The fourth-order valence-electron chi connectivity index (χ4n) is 2.15. The molecular weight excluding hydrogens is 299 g/mol. The van der Waals surface area contributed by atoms with Gasteiger partial charge in [-0.15, -0.1) is 11.3 Å². The Labute approximate surface area is 122 Å². The number of thiophene rings is 1. The zero-order valence-corrected chi connectivity index (χ0v) is 12.0. The maximum Gasteiger partial charge on any atom is 0.169 e. The van der Waals surface area contributed by atoms with E-state index >= 15 is 0 Å². The van der Waals surface area contributed by atoms with Gasteiger partial charge < -0.3 is 5.73 Å². The lowest BCUT2D eigenvalue weighted by atomic mass is 10.1. The van der Waals surface area contributed by atoms with Gasteiger partial charge in [0.15, 0.2) is 5.82 Å². The lowest BCUT2D eigenvalue weighted by Crippen LogP contribution is -2.01. The third-order valence-corrected chi connectivity index (χ3v) is 4.39. The number of nitrogens with zero attached hydrogens (tertiary/aromatic N) is 2. The van der Waals surface area contributed by atoms with Crippen LogP contribution in [0.25, 0.3) is 21.6 Å². The molecule has 0 bridgehead atoms. The number of halogens is 3. The van der Waals surface area contributed by atoms with Crippen LogP contribution < -0.4 is 5.73 Å². The molecule has 0 radical (unpaired) electrons. The summed E-state index contributed by atoms with van der Waals surface area (Å²) in [6.07, 6.45) is 0. The van der Waals surface area contributed by atoms with Gasteiger partial charge in [0.1, 0.15) is 28.1 Å².